The van der Waals surface area contributed by atoms with Crippen LogP contribution in [0.5, 0.6) is 0 Å². The molecule has 0 spiro atoms. The van der Waals surface area contributed by atoms with Crippen LogP contribution in [-0.2, 0) is 11.3 Å². The maximum atomic E-state index is 12.7. The van der Waals surface area contributed by atoms with Crippen molar-refractivity contribution in [2.45, 2.75) is 6.61 Å². The summed E-state index contributed by atoms with van der Waals surface area (Å²) in [6, 6.07) is 13.8. The van der Waals surface area contributed by atoms with Crippen LogP contribution in [-0.4, -0.2) is 48.0 Å². The van der Waals surface area contributed by atoms with Crippen LogP contribution in [0.15, 0.2) is 42.5 Å². The predicted molar refractivity (Wildman–Crippen MR) is 112 cm³/mol. The van der Waals surface area contributed by atoms with Gasteiger partial charge in [-0.3, -0.25) is 4.79 Å². The normalized spacial score (nSPS) is 20.0. The van der Waals surface area contributed by atoms with E-state index in [9.17, 15) is 9.59 Å². The third kappa shape index (κ3) is 4.38. The fraction of sp³-hybridized carbons (Fsp3) is 0.318. The summed E-state index contributed by atoms with van der Waals surface area (Å²) in [6.07, 6.45) is -0.370. The van der Waals surface area contributed by atoms with Crippen molar-refractivity contribution in [3.05, 3.63) is 69.2 Å². The Morgan fingerprint density at radius 3 is 2.10 bits per heavy atom. The number of carbonyl (C=O) groups excluding carboxylic acids is 2. The summed E-state index contributed by atoms with van der Waals surface area (Å²) in [5.41, 5.74) is 1.84. The van der Waals surface area contributed by atoms with Crippen LogP contribution >= 0.6 is 23.2 Å². The molecule has 2 heterocycles. The number of carbonyl (C=O) groups is 2. The molecule has 0 bridgehead atoms. The van der Waals surface area contributed by atoms with Gasteiger partial charge in [0.1, 0.15) is 6.61 Å². The zero-order valence-electron chi connectivity index (χ0n) is 16.1. The van der Waals surface area contributed by atoms with Gasteiger partial charge in [0.25, 0.3) is 5.91 Å². The van der Waals surface area contributed by atoms with Crippen molar-refractivity contribution in [3.8, 4) is 6.07 Å². The van der Waals surface area contributed by atoms with Gasteiger partial charge in [-0.1, -0.05) is 23.2 Å². The molecule has 2 fully saturated rings. The SMILES string of the molecule is N#Cc1ccc(C(=O)N2CC3CN(C(=O)OCc4cc(Cl)cc(Cl)c4)CC3C2)cc1. The van der Waals surface area contributed by atoms with Gasteiger partial charge < -0.3 is 14.5 Å². The maximum Gasteiger partial charge on any atom is 0.410 e. The summed E-state index contributed by atoms with van der Waals surface area (Å²) in [6.45, 7) is 2.45. The Morgan fingerprint density at radius 2 is 1.53 bits per heavy atom. The van der Waals surface area contributed by atoms with Gasteiger partial charge in [-0.05, 0) is 48.0 Å². The number of hydrogen-bond donors (Lipinski definition) is 0. The Hall–Kier alpha value is -2.75. The van der Waals surface area contributed by atoms with Gasteiger partial charge in [0.15, 0.2) is 0 Å². The maximum absolute atomic E-state index is 12.7. The molecule has 2 aromatic rings. The van der Waals surface area contributed by atoms with E-state index in [2.05, 4.69) is 0 Å². The van der Waals surface area contributed by atoms with Gasteiger partial charge in [-0.25, -0.2) is 4.79 Å². The highest BCUT2D eigenvalue weighted by Gasteiger charge is 2.43. The summed E-state index contributed by atoms with van der Waals surface area (Å²) >= 11 is 11.9. The first-order valence-corrected chi connectivity index (χ1v) is 10.3. The second kappa shape index (κ2) is 8.55. The molecule has 8 heteroatoms. The van der Waals surface area contributed by atoms with Crippen LogP contribution in [0.4, 0.5) is 4.79 Å². The molecular weight excluding hydrogens is 425 g/mol. The summed E-state index contributed by atoms with van der Waals surface area (Å²) in [7, 11) is 0. The number of halogens is 2. The number of ether oxygens (including phenoxy) is 1. The summed E-state index contributed by atoms with van der Waals surface area (Å²) in [4.78, 5) is 28.7. The largest absolute Gasteiger partial charge is 0.445 e. The third-order valence-corrected chi connectivity index (χ3v) is 6.01. The van der Waals surface area contributed by atoms with E-state index in [4.69, 9.17) is 33.2 Å². The molecule has 4 rings (SSSR count). The first-order valence-electron chi connectivity index (χ1n) is 9.59. The van der Waals surface area contributed by atoms with Crippen LogP contribution in [0.1, 0.15) is 21.5 Å². The minimum Gasteiger partial charge on any atom is -0.445 e. The molecule has 2 aromatic carbocycles. The van der Waals surface area contributed by atoms with Crippen molar-refractivity contribution >= 4 is 35.2 Å². The van der Waals surface area contributed by atoms with E-state index < -0.39 is 0 Å². The summed E-state index contributed by atoms with van der Waals surface area (Å²) in [5.74, 6) is 0.432. The van der Waals surface area contributed by atoms with E-state index in [1.165, 1.54) is 0 Å². The van der Waals surface area contributed by atoms with Crippen LogP contribution in [0.2, 0.25) is 10.0 Å². The lowest BCUT2D eigenvalue weighted by atomic mass is 10.0. The van der Waals surface area contributed by atoms with Crippen LogP contribution < -0.4 is 0 Å². The number of nitrogens with zero attached hydrogens (tertiary/aromatic N) is 3. The number of fused-ring (bicyclic) bond motifs is 1. The van der Waals surface area contributed by atoms with E-state index in [1.807, 2.05) is 11.0 Å². The van der Waals surface area contributed by atoms with E-state index >= 15 is 0 Å². The highest BCUT2D eigenvalue weighted by atomic mass is 35.5. The average molecular weight is 444 g/mol. The molecule has 2 unspecified atom stereocenters. The van der Waals surface area contributed by atoms with Crippen molar-refractivity contribution in [2.75, 3.05) is 26.2 Å². The standard InChI is InChI=1S/C22H19Cl2N3O3/c23-19-5-15(6-20(24)7-19)13-30-22(29)27-11-17-9-26(10-18(17)12-27)21(28)16-3-1-14(8-25)2-4-16/h1-7,17-18H,9-13H2. The molecule has 154 valence electrons. The van der Waals surface area contributed by atoms with E-state index in [0.29, 0.717) is 47.4 Å². The lowest BCUT2D eigenvalue weighted by molar-refractivity contribution is 0.0764. The first-order chi connectivity index (χ1) is 14.4. The molecule has 0 radical (unpaired) electrons. The van der Waals surface area contributed by atoms with Crippen molar-refractivity contribution in [2.24, 2.45) is 11.8 Å². The van der Waals surface area contributed by atoms with Crippen molar-refractivity contribution in [3.63, 3.8) is 0 Å². The molecule has 0 saturated carbocycles. The Balaban J connectivity index is 1.30. The molecule has 0 aliphatic carbocycles. The summed E-state index contributed by atoms with van der Waals surface area (Å²) < 4.78 is 5.42. The molecule has 2 aliphatic rings. The van der Waals surface area contributed by atoms with Crippen molar-refractivity contribution in [1.29, 1.82) is 5.26 Å². The second-order valence-electron chi connectivity index (χ2n) is 7.66. The monoisotopic (exact) mass is 443 g/mol. The predicted octanol–water partition coefficient (Wildman–Crippen LogP) is 4.21. The van der Waals surface area contributed by atoms with E-state index in [0.717, 1.165) is 5.56 Å². The average Bonchev–Trinajstić information content (AvgIpc) is 3.30. The smallest absolute Gasteiger partial charge is 0.410 e. The minimum absolute atomic E-state index is 0.0409. The number of benzene rings is 2. The molecule has 6 nitrogen and oxygen atoms in total. The highest BCUT2D eigenvalue weighted by molar-refractivity contribution is 6.34. The zero-order chi connectivity index (χ0) is 21.3. The number of likely N-dealkylation sites (tertiary alicyclic amines) is 2. The topological polar surface area (TPSA) is 73.6 Å². The Labute approximate surface area is 184 Å². The lowest BCUT2D eigenvalue weighted by Crippen LogP contribution is -2.35. The minimum atomic E-state index is -0.370. The third-order valence-electron chi connectivity index (χ3n) is 5.58. The molecule has 0 N–H and O–H groups in total. The number of rotatable bonds is 3. The van der Waals surface area contributed by atoms with Gasteiger partial charge in [0, 0.05) is 53.6 Å². The van der Waals surface area contributed by atoms with Gasteiger partial charge in [0.2, 0.25) is 0 Å². The number of amides is 2. The molecule has 2 aliphatic heterocycles. The summed E-state index contributed by atoms with van der Waals surface area (Å²) in [5, 5.41) is 9.88. The number of hydrogen-bond acceptors (Lipinski definition) is 4. The first kappa shape index (κ1) is 20.5. The highest BCUT2D eigenvalue weighted by Crippen LogP contribution is 2.32. The fourth-order valence-electron chi connectivity index (χ4n) is 4.11. The zero-order valence-corrected chi connectivity index (χ0v) is 17.6. The number of nitriles is 1. The molecule has 2 atom stereocenters. The lowest BCUT2D eigenvalue weighted by Gasteiger charge is -2.21. The van der Waals surface area contributed by atoms with Crippen LogP contribution in [0.3, 0.4) is 0 Å². The van der Waals surface area contributed by atoms with Gasteiger partial charge in [-0.2, -0.15) is 5.26 Å². The van der Waals surface area contributed by atoms with Crippen molar-refractivity contribution in [1.82, 2.24) is 9.80 Å². The van der Waals surface area contributed by atoms with Gasteiger partial charge in [-0.15, -0.1) is 0 Å². The molecule has 2 amide bonds. The van der Waals surface area contributed by atoms with E-state index in [-0.39, 0.29) is 30.4 Å². The van der Waals surface area contributed by atoms with Crippen LogP contribution in [0, 0.1) is 23.2 Å². The van der Waals surface area contributed by atoms with Crippen molar-refractivity contribution < 1.29 is 14.3 Å². The van der Waals surface area contributed by atoms with E-state index in [1.54, 1.807) is 47.4 Å². The second-order valence-corrected chi connectivity index (χ2v) is 8.53. The van der Waals surface area contributed by atoms with Crippen LogP contribution in [0.25, 0.3) is 0 Å². The molecule has 2 saturated heterocycles. The molecule has 0 aromatic heterocycles. The van der Waals surface area contributed by atoms with Gasteiger partial charge >= 0.3 is 6.09 Å². The Kier molecular flexibility index (Phi) is 5.85. The molecular formula is C22H19Cl2N3O3. The quantitative estimate of drug-likeness (QED) is 0.711. The Bertz CT molecular complexity index is 985. The fourth-order valence-corrected chi connectivity index (χ4v) is 4.68. The molecule has 30 heavy (non-hydrogen) atoms. The van der Waals surface area contributed by atoms with Gasteiger partial charge in [0.05, 0.1) is 11.6 Å². The Morgan fingerprint density at radius 1 is 0.967 bits per heavy atom.